The second-order valence-electron chi connectivity index (χ2n) is 3.70. The zero-order chi connectivity index (χ0) is 11.5. The van der Waals surface area contributed by atoms with E-state index in [0.29, 0.717) is 0 Å². The summed E-state index contributed by atoms with van der Waals surface area (Å²) in [5.41, 5.74) is 2.77. The van der Waals surface area contributed by atoms with Gasteiger partial charge in [0.25, 0.3) is 0 Å². The first-order valence-corrected chi connectivity index (χ1v) is 5.80. The third kappa shape index (κ3) is 1.73. The van der Waals surface area contributed by atoms with Crippen molar-refractivity contribution in [1.29, 1.82) is 0 Å². The molecule has 0 spiro atoms. The lowest BCUT2D eigenvalue weighted by molar-refractivity contribution is 0.682. The van der Waals surface area contributed by atoms with Crippen LogP contribution >= 0.6 is 0 Å². The molecule has 1 aromatic carbocycles. The smallest absolute Gasteiger partial charge is 0.137 e. The Kier molecular flexibility index (Phi) is 3.04. The Morgan fingerprint density at radius 3 is 2.50 bits per heavy atom. The second-order valence-corrected chi connectivity index (χ2v) is 3.70. The molecule has 2 aromatic rings. The van der Waals surface area contributed by atoms with Crippen molar-refractivity contribution in [2.24, 2.45) is 0 Å². The summed E-state index contributed by atoms with van der Waals surface area (Å²) in [4.78, 5) is 0. The first-order chi connectivity index (χ1) is 7.84. The number of fused-ring (bicyclic) bond motifs is 2. The highest BCUT2D eigenvalue weighted by molar-refractivity contribution is 5.33. The van der Waals surface area contributed by atoms with E-state index < -0.39 is 0 Å². The molecule has 3 nitrogen and oxygen atoms in total. The fourth-order valence-corrected chi connectivity index (χ4v) is 1.99. The molecule has 2 heterocycles. The minimum Gasteiger partial charge on any atom is -0.310 e. The number of nitrogens with zero attached hydrogens (tertiary/aromatic N) is 3. The van der Waals surface area contributed by atoms with Crippen LogP contribution in [0.3, 0.4) is 0 Å². The highest BCUT2D eigenvalue weighted by atomic mass is 15.3. The van der Waals surface area contributed by atoms with Gasteiger partial charge in [-0.15, -0.1) is 10.2 Å². The van der Waals surface area contributed by atoms with Gasteiger partial charge in [0.15, 0.2) is 0 Å². The van der Waals surface area contributed by atoms with Crippen LogP contribution in [0.25, 0.3) is 0 Å². The van der Waals surface area contributed by atoms with E-state index in [4.69, 9.17) is 0 Å². The fourth-order valence-electron chi connectivity index (χ4n) is 1.99. The van der Waals surface area contributed by atoms with E-state index in [1.807, 2.05) is 20.8 Å². The minimum absolute atomic E-state index is 0.914. The van der Waals surface area contributed by atoms with Gasteiger partial charge in [0.1, 0.15) is 11.6 Å². The number of aryl methyl sites for hydroxylation is 1. The van der Waals surface area contributed by atoms with E-state index in [0.717, 1.165) is 24.6 Å². The molecule has 0 bridgehead atoms. The lowest BCUT2D eigenvalue weighted by Gasteiger charge is -2.17. The van der Waals surface area contributed by atoms with Crippen LogP contribution in [0.15, 0.2) is 24.3 Å². The Bertz CT molecular complexity index is 486. The molecule has 3 heteroatoms. The van der Waals surface area contributed by atoms with Crippen LogP contribution in [-0.2, 0) is 13.0 Å². The van der Waals surface area contributed by atoms with Crippen molar-refractivity contribution < 1.29 is 0 Å². The van der Waals surface area contributed by atoms with Gasteiger partial charge in [-0.25, -0.2) is 0 Å². The average Bonchev–Trinajstić information content (AvgIpc) is 2.71. The number of hydrogen-bond acceptors (Lipinski definition) is 2. The molecule has 0 saturated carbocycles. The van der Waals surface area contributed by atoms with Crippen LogP contribution in [0.2, 0.25) is 0 Å². The number of rotatable bonds is 0. The molecule has 0 atom stereocenters. The molecule has 0 N–H and O–H groups in total. The van der Waals surface area contributed by atoms with Gasteiger partial charge in [0.05, 0.1) is 6.54 Å². The summed E-state index contributed by atoms with van der Waals surface area (Å²) in [6, 6.07) is 8.52. The summed E-state index contributed by atoms with van der Waals surface area (Å²) in [6.07, 6.45) is 0.914. The molecule has 1 aliphatic rings. The topological polar surface area (TPSA) is 30.7 Å². The quantitative estimate of drug-likeness (QED) is 0.577. The van der Waals surface area contributed by atoms with Gasteiger partial charge in [0.2, 0.25) is 0 Å². The second kappa shape index (κ2) is 4.47. The van der Waals surface area contributed by atoms with Gasteiger partial charge in [-0.2, -0.15) is 0 Å². The Labute approximate surface area is 96.1 Å². The summed E-state index contributed by atoms with van der Waals surface area (Å²) in [5.74, 6) is 2.09. The first-order valence-electron chi connectivity index (χ1n) is 5.80. The summed E-state index contributed by atoms with van der Waals surface area (Å²) >= 11 is 0. The molecular weight excluding hydrogens is 198 g/mol. The Morgan fingerprint density at radius 1 is 1.06 bits per heavy atom. The summed E-state index contributed by atoms with van der Waals surface area (Å²) in [6.45, 7) is 6.93. The molecule has 0 fully saturated rings. The van der Waals surface area contributed by atoms with E-state index in [2.05, 4.69) is 39.0 Å². The highest BCUT2D eigenvalue weighted by Gasteiger charge is 2.17. The third-order valence-corrected chi connectivity index (χ3v) is 2.81. The van der Waals surface area contributed by atoms with E-state index in [1.54, 1.807) is 0 Å². The molecule has 0 unspecified atom stereocenters. The molecule has 3 rings (SSSR count). The standard InChI is InChI=1S/C11H11N3.C2H6/c1-8-12-13-11-6-9-4-2-3-5-10(9)7-14(8)11;1-2/h2-5H,6-7H2,1H3;1-2H3. The Balaban J connectivity index is 0.000000457. The van der Waals surface area contributed by atoms with Crippen LogP contribution < -0.4 is 0 Å². The molecule has 0 radical (unpaired) electrons. The predicted octanol–water partition coefficient (Wildman–Crippen LogP) is 2.57. The maximum absolute atomic E-state index is 4.17. The summed E-state index contributed by atoms with van der Waals surface area (Å²) in [5, 5.41) is 8.26. The van der Waals surface area contributed by atoms with E-state index >= 15 is 0 Å². The van der Waals surface area contributed by atoms with E-state index in [1.165, 1.54) is 11.1 Å². The molecule has 0 amide bonds. The maximum Gasteiger partial charge on any atom is 0.137 e. The van der Waals surface area contributed by atoms with Gasteiger partial charge in [-0.1, -0.05) is 38.1 Å². The third-order valence-electron chi connectivity index (χ3n) is 2.81. The molecular formula is C13H17N3. The molecule has 1 aliphatic heterocycles. The van der Waals surface area contributed by atoms with Crippen LogP contribution in [0.5, 0.6) is 0 Å². The van der Waals surface area contributed by atoms with Crippen molar-refractivity contribution in [3.05, 3.63) is 47.0 Å². The fraction of sp³-hybridized carbons (Fsp3) is 0.385. The maximum atomic E-state index is 4.17. The monoisotopic (exact) mass is 215 g/mol. The largest absolute Gasteiger partial charge is 0.310 e. The van der Waals surface area contributed by atoms with Crippen molar-refractivity contribution >= 4 is 0 Å². The molecule has 16 heavy (non-hydrogen) atoms. The zero-order valence-corrected chi connectivity index (χ0v) is 10.1. The van der Waals surface area contributed by atoms with Crippen LogP contribution in [0, 0.1) is 6.92 Å². The van der Waals surface area contributed by atoms with Gasteiger partial charge in [-0.3, -0.25) is 0 Å². The zero-order valence-electron chi connectivity index (χ0n) is 10.1. The minimum atomic E-state index is 0.914. The van der Waals surface area contributed by atoms with Gasteiger partial charge in [0, 0.05) is 6.42 Å². The molecule has 1 aromatic heterocycles. The average molecular weight is 215 g/mol. The first kappa shape index (κ1) is 10.9. The SMILES string of the molecule is CC.Cc1nnc2n1Cc1ccccc1C2. The lowest BCUT2D eigenvalue weighted by atomic mass is 10.0. The van der Waals surface area contributed by atoms with Crippen molar-refractivity contribution in [2.45, 2.75) is 33.7 Å². The highest BCUT2D eigenvalue weighted by Crippen LogP contribution is 2.21. The Hall–Kier alpha value is -1.64. The predicted molar refractivity (Wildman–Crippen MR) is 64.5 cm³/mol. The Morgan fingerprint density at radius 2 is 1.75 bits per heavy atom. The summed E-state index contributed by atoms with van der Waals surface area (Å²) < 4.78 is 2.18. The van der Waals surface area contributed by atoms with E-state index in [-0.39, 0.29) is 0 Å². The summed E-state index contributed by atoms with van der Waals surface area (Å²) in [7, 11) is 0. The van der Waals surface area contributed by atoms with Crippen molar-refractivity contribution in [1.82, 2.24) is 14.8 Å². The van der Waals surface area contributed by atoms with Crippen molar-refractivity contribution in [3.63, 3.8) is 0 Å². The lowest BCUT2D eigenvalue weighted by Crippen LogP contribution is -2.14. The van der Waals surface area contributed by atoms with Crippen LogP contribution in [-0.4, -0.2) is 14.8 Å². The number of benzene rings is 1. The van der Waals surface area contributed by atoms with Crippen molar-refractivity contribution in [2.75, 3.05) is 0 Å². The number of hydrogen-bond donors (Lipinski definition) is 0. The van der Waals surface area contributed by atoms with Gasteiger partial charge >= 0.3 is 0 Å². The normalized spacial score (nSPS) is 12.2. The van der Waals surface area contributed by atoms with Crippen LogP contribution in [0.4, 0.5) is 0 Å². The van der Waals surface area contributed by atoms with Gasteiger partial charge < -0.3 is 4.57 Å². The van der Waals surface area contributed by atoms with Crippen LogP contribution in [0.1, 0.15) is 36.6 Å². The van der Waals surface area contributed by atoms with Gasteiger partial charge in [-0.05, 0) is 18.1 Å². The van der Waals surface area contributed by atoms with E-state index in [9.17, 15) is 0 Å². The molecule has 84 valence electrons. The van der Waals surface area contributed by atoms with Crippen molar-refractivity contribution in [3.8, 4) is 0 Å². The number of aromatic nitrogens is 3. The molecule has 0 aliphatic carbocycles. The molecule has 0 saturated heterocycles.